The normalized spacial score (nSPS) is 46.6. The highest BCUT2D eigenvalue weighted by atomic mass is 16.5. The van der Waals surface area contributed by atoms with E-state index in [4.69, 9.17) is 4.74 Å². The number of likely N-dealkylation sites (N-methyl/N-ethyl adjacent to an activating group) is 1. The Morgan fingerprint density at radius 2 is 1.79 bits per heavy atom. The molecule has 8 atom stereocenters. The van der Waals surface area contributed by atoms with Gasteiger partial charge in [-0.25, -0.2) is 0 Å². The molecule has 5 rings (SSSR count). The number of nitrogens with zero attached hydrogens (tertiary/aromatic N) is 1. The number of para-hydroxylation sites is 1. The molecule has 0 spiro atoms. The SMILES string of the molecule is CC1C(Oc2ccccc2)C2N(C)C(=O)CC[C@]2(C)[C@@H]2CC[C@]3(C)CCC[C@H]3[C@H]12. The van der Waals surface area contributed by atoms with Crippen molar-refractivity contribution in [3.8, 4) is 5.75 Å². The Bertz CT molecular complexity index is 778. The molecule has 3 aliphatic carbocycles. The molecule has 1 saturated heterocycles. The summed E-state index contributed by atoms with van der Waals surface area (Å²) >= 11 is 0. The summed E-state index contributed by atoms with van der Waals surface area (Å²) in [6.07, 6.45) is 8.66. The van der Waals surface area contributed by atoms with Crippen LogP contribution >= 0.6 is 0 Å². The Kier molecular flexibility index (Phi) is 4.53. The lowest BCUT2D eigenvalue weighted by molar-refractivity contribution is -0.191. The number of rotatable bonds is 2. The zero-order valence-electron chi connectivity index (χ0n) is 18.6. The Hall–Kier alpha value is -1.51. The maximum Gasteiger partial charge on any atom is 0.222 e. The first-order chi connectivity index (χ1) is 13.8. The quantitative estimate of drug-likeness (QED) is 0.658. The number of benzene rings is 1. The van der Waals surface area contributed by atoms with Crippen molar-refractivity contribution in [3.05, 3.63) is 30.3 Å². The van der Waals surface area contributed by atoms with Crippen molar-refractivity contribution in [1.82, 2.24) is 4.90 Å². The van der Waals surface area contributed by atoms with Crippen molar-refractivity contribution in [2.45, 2.75) is 77.9 Å². The van der Waals surface area contributed by atoms with Gasteiger partial charge in [-0.05, 0) is 78.7 Å². The van der Waals surface area contributed by atoms with Gasteiger partial charge in [-0.1, -0.05) is 45.4 Å². The second-order valence-electron chi connectivity index (χ2n) is 11.1. The summed E-state index contributed by atoms with van der Waals surface area (Å²) in [4.78, 5) is 14.8. The average Bonchev–Trinajstić information content (AvgIpc) is 3.11. The Balaban J connectivity index is 1.58. The zero-order valence-corrected chi connectivity index (χ0v) is 18.6. The van der Waals surface area contributed by atoms with Gasteiger partial charge >= 0.3 is 0 Å². The maximum absolute atomic E-state index is 12.8. The van der Waals surface area contributed by atoms with Crippen LogP contribution in [-0.4, -0.2) is 30.0 Å². The Labute approximate surface area is 176 Å². The first-order valence-corrected chi connectivity index (χ1v) is 11.8. The van der Waals surface area contributed by atoms with Gasteiger partial charge in [-0.2, -0.15) is 0 Å². The van der Waals surface area contributed by atoms with Crippen LogP contribution in [0.2, 0.25) is 0 Å². The number of hydrogen-bond donors (Lipinski definition) is 0. The van der Waals surface area contributed by atoms with Crippen LogP contribution in [0.3, 0.4) is 0 Å². The standard InChI is InChI=1S/C26H37NO2/c1-17-22-19-11-8-14-25(19,2)15-12-20(22)26(3)16-13-21(28)27(4)24(26)23(17)29-18-9-6-5-7-10-18/h5-7,9-10,17,19-20,22-24H,8,11-16H2,1-4H3/t17?,19-,20+,22-,23?,24?,25-,26+/m0/s1. The van der Waals surface area contributed by atoms with Crippen LogP contribution < -0.4 is 4.74 Å². The smallest absolute Gasteiger partial charge is 0.222 e. The predicted molar refractivity (Wildman–Crippen MR) is 116 cm³/mol. The van der Waals surface area contributed by atoms with Gasteiger partial charge in [0.15, 0.2) is 0 Å². The van der Waals surface area contributed by atoms with Crippen LogP contribution in [0.15, 0.2) is 30.3 Å². The lowest BCUT2D eigenvalue weighted by Crippen LogP contribution is -2.69. The first-order valence-electron chi connectivity index (χ1n) is 11.8. The number of hydrogen-bond acceptors (Lipinski definition) is 2. The number of fused-ring (bicyclic) bond motifs is 5. The molecule has 1 aromatic carbocycles. The molecule has 3 nitrogen and oxygen atoms in total. The van der Waals surface area contributed by atoms with E-state index in [0.29, 0.717) is 35.5 Å². The number of likely N-dealkylation sites (tertiary alicyclic amines) is 1. The minimum absolute atomic E-state index is 0.0702. The summed E-state index contributed by atoms with van der Waals surface area (Å²) in [5.41, 5.74) is 0.676. The topological polar surface area (TPSA) is 29.5 Å². The van der Waals surface area contributed by atoms with Crippen LogP contribution in [0, 0.1) is 34.5 Å². The van der Waals surface area contributed by atoms with E-state index < -0.39 is 0 Å². The van der Waals surface area contributed by atoms with Gasteiger partial charge in [0.25, 0.3) is 0 Å². The number of ether oxygens (including phenoxy) is 1. The van der Waals surface area contributed by atoms with Crippen molar-refractivity contribution in [1.29, 1.82) is 0 Å². The highest BCUT2D eigenvalue weighted by Gasteiger charge is 2.64. The zero-order chi connectivity index (χ0) is 20.4. The van der Waals surface area contributed by atoms with Gasteiger partial charge in [0.05, 0.1) is 6.04 Å². The van der Waals surface area contributed by atoms with E-state index in [0.717, 1.165) is 18.1 Å². The summed E-state index contributed by atoms with van der Waals surface area (Å²) in [6, 6.07) is 10.5. The highest BCUT2D eigenvalue weighted by molar-refractivity contribution is 5.77. The van der Waals surface area contributed by atoms with E-state index in [1.165, 1.54) is 32.1 Å². The van der Waals surface area contributed by atoms with Gasteiger partial charge in [0.2, 0.25) is 5.91 Å². The Morgan fingerprint density at radius 3 is 2.55 bits per heavy atom. The molecule has 1 amide bonds. The van der Waals surface area contributed by atoms with Gasteiger partial charge in [0.1, 0.15) is 11.9 Å². The number of carbonyl (C=O) groups is 1. The fraction of sp³-hybridized carbons (Fsp3) is 0.731. The van der Waals surface area contributed by atoms with Crippen LogP contribution in [0.1, 0.15) is 65.7 Å². The fourth-order valence-corrected chi connectivity index (χ4v) is 8.32. The highest BCUT2D eigenvalue weighted by Crippen LogP contribution is 2.66. The molecule has 0 radical (unpaired) electrons. The monoisotopic (exact) mass is 395 g/mol. The minimum atomic E-state index is 0.0702. The summed E-state index contributed by atoms with van der Waals surface area (Å²) in [7, 11) is 2.03. The molecular formula is C26H37NO2. The largest absolute Gasteiger partial charge is 0.488 e. The molecule has 0 aromatic heterocycles. The third kappa shape index (κ3) is 2.79. The second-order valence-corrected chi connectivity index (χ2v) is 11.1. The lowest BCUT2D eigenvalue weighted by atomic mass is 9.44. The number of carbonyl (C=O) groups excluding carboxylic acids is 1. The summed E-state index contributed by atoms with van der Waals surface area (Å²) < 4.78 is 6.76. The molecule has 1 aliphatic heterocycles. The van der Waals surface area contributed by atoms with E-state index in [2.05, 4.69) is 49.9 Å². The third-order valence-corrected chi connectivity index (χ3v) is 9.78. The summed E-state index contributed by atoms with van der Waals surface area (Å²) in [5.74, 6) is 3.95. The molecule has 0 bridgehead atoms. The van der Waals surface area contributed by atoms with E-state index in [-0.39, 0.29) is 17.6 Å². The van der Waals surface area contributed by atoms with Crippen molar-refractivity contribution in [3.63, 3.8) is 0 Å². The molecule has 4 aliphatic rings. The van der Waals surface area contributed by atoms with Crippen molar-refractivity contribution in [2.75, 3.05) is 7.05 Å². The summed E-state index contributed by atoms with van der Waals surface area (Å²) in [5, 5.41) is 0. The van der Waals surface area contributed by atoms with Crippen LogP contribution in [0.5, 0.6) is 5.75 Å². The van der Waals surface area contributed by atoms with E-state index in [1.54, 1.807) is 0 Å². The van der Waals surface area contributed by atoms with E-state index in [1.807, 2.05) is 13.1 Å². The molecular weight excluding hydrogens is 358 g/mol. The minimum Gasteiger partial charge on any atom is -0.488 e. The third-order valence-electron chi connectivity index (χ3n) is 9.78. The molecule has 3 heteroatoms. The molecule has 29 heavy (non-hydrogen) atoms. The Morgan fingerprint density at radius 1 is 1.03 bits per heavy atom. The molecule has 1 aromatic rings. The van der Waals surface area contributed by atoms with Crippen LogP contribution in [0.4, 0.5) is 0 Å². The van der Waals surface area contributed by atoms with E-state index in [9.17, 15) is 4.79 Å². The molecule has 3 saturated carbocycles. The molecule has 3 unspecified atom stereocenters. The fourth-order valence-electron chi connectivity index (χ4n) is 8.32. The van der Waals surface area contributed by atoms with Crippen molar-refractivity contribution in [2.24, 2.45) is 34.5 Å². The van der Waals surface area contributed by atoms with Crippen molar-refractivity contribution >= 4 is 5.91 Å². The molecule has 4 fully saturated rings. The van der Waals surface area contributed by atoms with Gasteiger partial charge in [0, 0.05) is 13.5 Å². The maximum atomic E-state index is 12.8. The first kappa shape index (κ1) is 19.5. The lowest BCUT2D eigenvalue weighted by Gasteiger charge is -2.65. The van der Waals surface area contributed by atoms with Crippen molar-refractivity contribution < 1.29 is 9.53 Å². The second kappa shape index (κ2) is 6.75. The van der Waals surface area contributed by atoms with Gasteiger partial charge in [-0.3, -0.25) is 4.79 Å². The van der Waals surface area contributed by atoms with Crippen LogP contribution in [-0.2, 0) is 4.79 Å². The van der Waals surface area contributed by atoms with Crippen LogP contribution in [0.25, 0.3) is 0 Å². The summed E-state index contributed by atoms with van der Waals surface area (Å²) in [6.45, 7) is 7.48. The molecule has 1 heterocycles. The van der Waals surface area contributed by atoms with Gasteiger partial charge in [-0.15, -0.1) is 0 Å². The molecule has 158 valence electrons. The number of amides is 1. The van der Waals surface area contributed by atoms with E-state index >= 15 is 0 Å². The predicted octanol–water partition coefficient (Wildman–Crippen LogP) is 5.54. The van der Waals surface area contributed by atoms with Gasteiger partial charge < -0.3 is 9.64 Å². The molecule has 0 N–H and O–H groups in total. The average molecular weight is 396 g/mol. The number of piperidine rings is 1.